The van der Waals surface area contributed by atoms with E-state index in [2.05, 4.69) is 17.0 Å². The molecule has 1 aliphatic carbocycles. The van der Waals surface area contributed by atoms with Crippen LogP contribution in [0.4, 0.5) is 0 Å². The van der Waals surface area contributed by atoms with Gasteiger partial charge in [-0.3, -0.25) is 4.79 Å². The Balaban J connectivity index is 2.02. The predicted molar refractivity (Wildman–Crippen MR) is 95.4 cm³/mol. The van der Waals surface area contributed by atoms with Crippen LogP contribution in [0.25, 0.3) is 0 Å². The first-order valence-corrected chi connectivity index (χ1v) is 10.2. The largest absolute Gasteiger partial charge is 0.349 e. The molecule has 3 atom stereocenters. The molecule has 1 aromatic carbocycles. The molecule has 0 heterocycles. The van der Waals surface area contributed by atoms with Crippen LogP contribution in [0.3, 0.4) is 0 Å². The quantitative estimate of drug-likeness (QED) is 0.826. The zero-order valence-corrected chi connectivity index (χ0v) is 15.5. The Hall–Kier alpha value is -1.40. The maximum Gasteiger partial charge on any atom is 0.251 e. The van der Waals surface area contributed by atoms with Crippen LogP contribution in [-0.4, -0.2) is 26.4 Å². The number of sulfonamides is 1. The summed E-state index contributed by atoms with van der Waals surface area (Å²) in [5, 5.41) is 3.06. The number of hydrogen-bond donors (Lipinski definition) is 2. The highest BCUT2D eigenvalue weighted by Crippen LogP contribution is 2.23. The summed E-state index contributed by atoms with van der Waals surface area (Å²) in [4.78, 5) is 12.5. The van der Waals surface area contributed by atoms with E-state index in [1.54, 1.807) is 12.1 Å². The molecule has 6 heteroatoms. The summed E-state index contributed by atoms with van der Waals surface area (Å²) in [5.74, 6) is 0.510. The van der Waals surface area contributed by atoms with E-state index < -0.39 is 10.0 Å². The summed E-state index contributed by atoms with van der Waals surface area (Å²) in [6.45, 7) is 5.96. The Morgan fingerprint density at radius 3 is 2.50 bits per heavy atom. The lowest BCUT2D eigenvalue weighted by Gasteiger charge is -2.27. The minimum atomic E-state index is -3.53. The average molecular weight is 353 g/mol. The highest BCUT2D eigenvalue weighted by molar-refractivity contribution is 7.89. The summed E-state index contributed by atoms with van der Waals surface area (Å²) in [6, 6.07) is 6.23. The van der Waals surface area contributed by atoms with Crippen LogP contribution >= 0.6 is 0 Å². The van der Waals surface area contributed by atoms with Gasteiger partial charge >= 0.3 is 0 Å². The average Bonchev–Trinajstić information content (AvgIpc) is 2.54. The van der Waals surface area contributed by atoms with Crippen molar-refractivity contribution in [3.8, 4) is 0 Å². The molecule has 1 aliphatic rings. The van der Waals surface area contributed by atoms with Crippen LogP contribution in [0.15, 0.2) is 29.2 Å². The third kappa shape index (κ3) is 5.05. The fraction of sp³-hybridized carbons (Fsp3) is 0.611. The lowest BCUT2D eigenvalue weighted by Crippen LogP contribution is -2.38. The van der Waals surface area contributed by atoms with Crippen molar-refractivity contribution in [3.05, 3.63) is 29.8 Å². The first-order valence-electron chi connectivity index (χ1n) is 8.75. The lowest BCUT2D eigenvalue weighted by molar-refractivity contribution is 0.0921. The molecule has 0 aliphatic heterocycles. The van der Waals surface area contributed by atoms with E-state index in [0.717, 1.165) is 25.7 Å². The normalized spacial score (nSPS) is 22.8. The van der Waals surface area contributed by atoms with Crippen molar-refractivity contribution in [2.24, 2.45) is 5.92 Å². The summed E-state index contributed by atoms with van der Waals surface area (Å²) in [7, 11) is -3.53. The summed E-state index contributed by atoms with van der Waals surface area (Å²) in [5.41, 5.74) is 0.496. The Bertz CT molecular complexity index is 655. The Morgan fingerprint density at radius 2 is 1.92 bits per heavy atom. The van der Waals surface area contributed by atoms with Gasteiger partial charge in [0, 0.05) is 17.6 Å². The van der Waals surface area contributed by atoms with Crippen LogP contribution in [0.5, 0.6) is 0 Å². The molecular formula is C18H28N2O3S. The van der Waals surface area contributed by atoms with Crippen molar-refractivity contribution in [3.63, 3.8) is 0 Å². The molecule has 0 bridgehead atoms. The van der Waals surface area contributed by atoms with E-state index in [9.17, 15) is 13.2 Å². The van der Waals surface area contributed by atoms with Gasteiger partial charge in [-0.05, 0) is 56.4 Å². The van der Waals surface area contributed by atoms with E-state index in [0.29, 0.717) is 11.5 Å². The van der Waals surface area contributed by atoms with E-state index in [-0.39, 0.29) is 22.9 Å². The molecule has 0 radical (unpaired) electrons. The minimum Gasteiger partial charge on any atom is -0.349 e. The lowest BCUT2D eigenvalue weighted by atomic mass is 9.87. The van der Waals surface area contributed by atoms with Crippen LogP contribution in [-0.2, 0) is 10.0 Å². The molecule has 1 aromatic rings. The Morgan fingerprint density at radius 1 is 1.25 bits per heavy atom. The number of amides is 1. The molecule has 0 aromatic heterocycles. The minimum absolute atomic E-state index is 0.119. The monoisotopic (exact) mass is 352 g/mol. The number of carbonyl (C=O) groups excluding carboxylic acids is 1. The van der Waals surface area contributed by atoms with Gasteiger partial charge in [-0.1, -0.05) is 26.7 Å². The van der Waals surface area contributed by atoms with Crippen molar-refractivity contribution in [2.75, 3.05) is 0 Å². The molecule has 0 saturated heterocycles. The number of hydrogen-bond acceptors (Lipinski definition) is 3. The van der Waals surface area contributed by atoms with Crippen LogP contribution in [0, 0.1) is 5.92 Å². The smallest absolute Gasteiger partial charge is 0.251 e. The van der Waals surface area contributed by atoms with Gasteiger partial charge < -0.3 is 5.32 Å². The molecule has 24 heavy (non-hydrogen) atoms. The molecule has 2 N–H and O–H groups in total. The van der Waals surface area contributed by atoms with Gasteiger partial charge in [-0.25, -0.2) is 13.1 Å². The highest BCUT2D eigenvalue weighted by atomic mass is 32.2. The molecule has 1 saturated carbocycles. The predicted octanol–water partition coefficient (Wildman–Crippen LogP) is 3.07. The second-order valence-electron chi connectivity index (χ2n) is 6.90. The topological polar surface area (TPSA) is 75.3 Å². The Labute approximate surface area is 145 Å². The SMILES string of the molecule is CC[C@@H](C)NS(=O)(=O)c1ccc(C(=O)N[C@@H]2CCC[C@H](C)C2)cc1. The second-order valence-corrected chi connectivity index (χ2v) is 8.61. The molecular weight excluding hydrogens is 324 g/mol. The summed E-state index contributed by atoms with van der Waals surface area (Å²) < 4.78 is 27.1. The van der Waals surface area contributed by atoms with Gasteiger partial charge in [0.25, 0.3) is 5.91 Å². The van der Waals surface area contributed by atoms with Gasteiger partial charge in [0.1, 0.15) is 0 Å². The molecule has 0 spiro atoms. The molecule has 1 fully saturated rings. The van der Waals surface area contributed by atoms with E-state index in [1.807, 2.05) is 13.8 Å². The van der Waals surface area contributed by atoms with Crippen molar-refractivity contribution in [2.45, 2.75) is 69.9 Å². The van der Waals surface area contributed by atoms with Gasteiger partial charge in [0.15, 0.2) is 0 Å². The third-order valence-corrected chi connectivity index (χ3v) is 6.27. The fourth-order valence-electron chi connectivity index (χ4n) is 3.04. The number of nitrogens with one attached hydrogen (secondary N) is 2. The van der Waals surface area contributed by atoms with Crippen molar-refractivity contribution in [1.82, 2.24) is 10.0 Å². The first-order chi connectivity index (χ1) is 11.3. The highest BCUT2D eigenvalue weighted by Gasteiger charge is 2.21. The van der Waals surface area contributed by atoms with Crippen molar-refractivity contribution in [1.29, 1.82) is 0 Å². The van der Waals surface area contributed by atoms with Crippen LogP contribution < -0.4 is 10.0 Å². The van der Waals surface area contributed by atoms with E-state index in [4.69, 9.17) is 0 Å². The van der Waals surface area contributed by atoms with Crippen LogP contribution in [0.1, 0.15) is 63.2 Å². The van der Waals surface area contributed by atoms with Gasteiger partial charge in [-0.2, -0.15) is 0 Å². The molecule has 134 valence electrons. The first kappa shape index (κ1) is 18.9. The zero-order chi connectivity index (χ0) is 17.7. The number of rotatable bonds is 6. The fourth-order valence-corrected chi connectivity index (χ4v) is 4.36. The molecule has 1 amide bonds. The summed E-state index contributed by atoms with van der Waals surface area (Å²) >= 11 is 0. The van der Waals surface area contributed by atoms with Gasteiger partial charge in [0.2, 0.25) is 10.0 Å². The number of benzene rings is 1. The third-order valence-electron chi connectivity index (χ3n) is 4.67. The van der Waals surface area contributed by atoms with Gasteiger partial charge in [-0.15, -0.1) is 0 Å². The maximum absolute atomic E-state index is 12.3. The molecule has 0 unspecified atom stereocenters. The molecule has 5 nitrogen and oxygen atoms in total. The Kier molecular flexibility index (Phi) is 6.40. The van der Waals surface area contributed by atoms with E-state index >= 15 is 0 Å². The van der Waals surface area contributed by atoms with Crippen molar-refractivity contribution >= 4 is 15.9 Å². The van der Waals surface area contributed by atoms with Crippen molar-refractivity contribution < 1.29 is 13.2 Å². The number of carbonyl (C=O) groups is 1. The second kappa shape index (κ2) is 8.12. The summed E-state index contributed by atoms with van der Waals surface area (Å²) in [6.07, 6.45) is 5.12. The molecule has 2 rings (SSSR count). The van der Waals surface area contributed by atoms with E-state index in [1.165, 1.54) is 18.6 Å². The zero-order valence-electron chi connectivity index (χ0n) is 14.7. The standard InChI is InChI=1S/C18H28N2O3S/c1-4-14(3)20-24(22,23)17-10-8-15(9-11-17)18(21)19-16-7-5-6-13(2)12-16/h8-11,13-14,16,20H,4-7,12H2,1-3H3,(H,19,21)/t13-,14+,16+/m0/s1. The maximum atomic E-state index is 12.3. The van der Waals surface area contributed by atoms with Crippen LogP contribution in [0.2, 0.25) is 0 Å². The van der Waals surface area contributed by atoms with Gasteiger partial charge in [0.05, 0.1) is 4.90 Å².